The zero-order valence-corrected chi connectivity index (χ0v) is 18.8. The molecule has 7 heteroatoms. The van der Waals surface area contributed by atoms with Crippen molar-refractivity contribution >= 4 is 18.0 Å². The van der Waals surface area contributed by atoms with Crippen LogP contribution in [0.3, 0.4) is 0 Å². The SMILES string of the molecule is CC(C)(C)OC(=O)N[C@@H](CCCCOC(=O)c1ccccc1)C(=O)OCc1ccccc1. The first-order valence-corrected chi connectivity index (χ1v) is 10.7. The smallest absolute Gasteiger partial charge is 0.408 e. The van der Waals surface area contributed by atoms with Gasteiger partial charge >= 0.3 is 18.0 Å². The molecular weight excluding hydrogens is 410 g/mol. The summed E-state index contributed by atoms with van der Waals surface area (Å²) in [6.45, 7) is 5.57. The van der Waals surface area contributed by atoms with Crippen LogP contribution in [0.25, 0.3) is 0 Å². The Morgan fingerprint density at radius 3 is 2.12 bits per heavy atom. The first-order valence-electron chi connectivity index (χ1n) is 10.7. The van der Waals surface area contributed by atoms with Gasteiger partial charge in [0.2, 0.25) is 0 Å². The largest absolute Gasteiger partial charge is 0.462 e. The summed E-state index contributed by atoms with van der Waals surface area (Å²) in [7, 11) is 0. The summed E-state index contributed by atoms with van der Waals surface area (Å²) in [5, 5.41) is 2.59. The van der Waals surface area contributed by atoms with Gasteiger partial charge in [0.05, 0.1) is 12.2 Å². The standard InChI is InChI=1S/C25H31NO6/c1-25(2,3)32-24(29)26-21(23(28)31-18-19-12-6-4-7-13-19)16-10-11-17-30-22(27)20-14-8-5-9-15-20/h4-9,12-15,21H,10-11,16-18H2,1-3H3,(H,26,29)/t21-/m0/s1. The maximum atomic E-state index is 12.6. The number of hydrogen-bond donors (Lipinski definition) is 1. The normalized spacial score (nSPS) is 11.8. The molecule has 0 aliphatic rings. The molecule has 1 atom stereocenters. The van der Waals surface area contributed by atoms with Gasteiger partial charge in [-0.3, -0.25) is 0 Å². The third-order valence-corrected chi connectivity index (χ3v) is 4.33. The van der Waals surface area contributed by atoms with E-state index in [1.165, 1.54) is 0 Å². The van der Waals surface area contributed by atoms with Gasteiger partial charge in [-0.25, -0.2) is 14.4 Å². The van der Waals surface area contributed by atoms with Crippen LogP contribution in [-0.2, 0) is 25.6 Å². The van der Waals surface area contributed by atoms with E-state index in [-0.39, 0.29) is 13.2 Å². The Kier molecular flexibility index (Phi) is 9.73. The Morgan fingerprint density at radius 1 is 0.875 bits per heavy atom. The molecule has 0 aliphatic heterocycles. The quantitative estimate of drug-likeness (QED) is 0.328. The first kappa shape index (κ1) is 24.9. The van der Waals surface area contributed by atoms with E-state index in [1.54, 1.807) is 45.0 Å². The molecule has 32 heavy (non-hydrogen) atoms. The average Bonchev–Trinajstić information content (AvgIpc) is 2.76. The lowest BCUT2D eigenvalue weighted by molar-refractivity contribution is -0.147. The third-order valence-electron chi connectivity index (χ3n) is 4.33. The van der Waals surface area contributed by atoms with Crippen LogP contribution < -0.4 is 5.32 Å². The Labute approximate surface area is 189 Å². The molecule has 0 aliphatic carbocycles. The molecule has 2 aromatic rings. The number of nitrogens with one attached hydrogen (secondary N) is 1. The van der Waals surface area contributed by atoms with Crippen molar-refractivity contribution in [1.82, 2.24) is 5.32 Å². The summed E-state index contributed by atoms with van der Waals surface area (Å²) < 4.78 is 15.9. The highest BCUT2D eigenvalue weighted by Crippen LogP contribution is 2.11. The second-order valence-electron chi connectivity index (χ2n) is 8.29. The number of ether oxygens (including phenoxy) is 3. The van der Waals surface area contributed by atoms with E-state index in [1.807, 2.05) is 36.4 Å². The lowest BCUT2D eigenvalue weighted by Gasteiger charge is -2.23. The van der Waals surface area contributed by atoms with Crippen LogP contribution in [0.4, 0.5) is 4.79 Å². The molecule has 2 aromatic carbocycles. The fourth-order valence-electron chi connectivity index (χ4n) is 2.80. The van der Waals surface area contributed by atoms with E-state index in [0.717, 1.165) is 5.56 Å². The van der Waals surface area contributed by atoms with E-state index in [9.17, 15) is 14.4 Å². The number of carbonyl (C=O) groups excluding carboxylic acids is 3. The van der Waals surface area contributed by atoms with Crippen LogP contribution in [-0.4, -0.2) is 36.3 Å². The first-order chi connectivity index (χ1) is 15.2. The molecule has 0 aromatic heterocycles. The molecule has 0 heterocycles. The monoisotopic (exact) mass is 441 g/mol. The molecule has 0 fully saturated rings. The van der Waals surface area contributed by atoms with Gasteiger partial charge in [-0.15, -0.1) is 0 Å². The van der Waals surface area contributed by atoms with E-state index >= 15 is 0 Å². The summed E-state index contributed by atoms with van der Waals surface area (Å²) in [5.74, 6) is -0.933. The van der Waals surface area contributed by atoms with Gasteiger partial charge in [0.25, 0.3) is 0 Å². The molecule has 0 radical (unpaired) electrons. The highest BCUT2D eigenvalue weighted by Gasteiger charge is 2.25. The molecule has 0 bridgehead atoms. The van der Waals surface area contributed by atoms with E-state index < -0.39 is 29.7 Å². The number of alkyl carbamates (subject to hydrolysis) is 1. The molecule has 0 saturated heterocycles. The molecule has 1 N–H and O–H groups in total. The van der Waals surface area contributed by atoms with Gasteiger partial charge in [-0.05, 0) is 57.7 Å². The predicted octanol–water partition coefficient (Wildman–Crippen LogP) is 4.65. The van der Waals surface area contributed by atoms with Crippen molar-refractivity contribution in [3.63, 3.8) is 0 Å². The average molecular weight is 442 g/mol. The van der Waals surface area contributed by atoms with Crippen molar-refractivity contribution < 1.29 is 28.6 Å². The van der Waals surface area contributed by atoms with Gasteiger partial charge in [0.15, 0.2) is 0 Å². The number of esters is 2. The van der Waals surface area contributed by atoms with Crippen molar-refractivity contribution in [2.24, 2.45) is 0 Å². The van der Waals surface area contributed by atoms with Crippen molar-refractivity contribution in [3.05, 3.63) is 71.8 Å². The maximum absolute atomic E-state index is 12.6. The third kappa shape index (κ3) is 9.64. The summed E-state index contributed by atoms with van der Waals surface area (Å²) in [5.41, 5.74) is 0.653. The molecule has 0 saturated carbocycles. The zero-order chi connectivity index (χ0) is 23.4. The minimum absolute atomic E-state index is 0.112. The van der Waals surface area contributed by atoms with Crippen LogP contribution >= 0.6 is 0 Å². The summed E-state index contributed by atoms with van der Waals surface area (Å²) in [6, 6.07) is 17.2. The molecule has 172 valence electrons. The fourth-order valence-corrected chi connectivity index (χ4v) is 2.80. The predicted molar refractivity (Wildman–Crippen MR) is 120 cm³/mol. The van der Waals surface area contributed by atoms with Crippen LogP contribution in [0.2, 0.25) is 0 Å². The Morgan fingerprint density at radius 2 is 1.50 bits per heavy atom. The van der Waals surface area contributed by atoms with Crippen molar-refractivity contribution in [3.8, 4) is 0 Å². The second kappa shape index (κ2) is 12.5. The molecule has 0 unspecified atom stereocenters. The number of amides is 1. The van der Waals surface area contributed by atoms with Gasteiger partial charge in [-0.2, -0.15) is 0 Å². The molecular formula is C25H31NO6. The van der Waals surface area contributed by atoms with Crippen molar-refractivity contribution in [2.75, 3.05) is 6.61 Å². The number of unbranched alkanes of at least 4 members (excludes halogenated alkanes) is 1. The number of benzene rings is 2. The summed E-state index contributed by atoms with van der Waals surface area (Å²) in [4.78, 5) is 36.7. The lowest BCUT2D eigenvalue weighted by atomic mass is 10.1. The Bertz CT molecular complexity index is 861. The molecule has 1 amide bonds. The summed E-state index contributed by atoms with van der Waals surface area (Å²) >= 11 is 0. The summed E-state index contributed by atoms with van der Waals surface area (Å²) in [6.07, 6.45) is 0.727. The lowest BCUT2D eigenvalue weighted by Crippen LogP contribution is -2.44. The van der Waals surface area contributed by atoms with Crippen LogP contribution in [0.5, 0.6) is 0 Å². The van der Waals surface area contributed by atoms with Crippen molar-refractivity contribution in [2.45, 2.75) is 58.3 Å². The van der Waals surface area contributed by atoms with Gasteiger partial charge in [0.1, 0.15) is 18.2 Å². The molecule has 0 spiro atoms. The van der Waals surface area contributed by atoms with E-state index in [0.29, 0.717) is 24.8 Å². The highest BCUT2D eigenvalue weighted by molar-refractivity contribution is 5.89. The number of carbonyl (C=O) groups is 3. The minimum atomic E-state index is -0.863. The molecule has 2 rings (SSSR count). The zero-order valence-electron chi connectivity index (χ0n) is 18.8. The maximum Gasteiger partial charge on any atom is 0.408 e. The van der Waals surface area contributed by atoms with Crippen molar-refractivity contribution in [1.29, 1.82) is 0 Å². The Balaban J connectivity index is 1.83. The van der Waals surface area contributed by atoms with Crippen LogP contribution in [0, 0.1) is 0 Å². The van der Waals surface area contributed by atoms with E-state index in [2.05, 4.69) is 5.32 Å². The minimum Gasteiger partial charge on any atom is -0.462 e. The topological polar surface area (TPSA) is 90.9 Å². The highest BCUT2D eigenvalue weighted by atomic mass is 16.6. The van der Waals surface area contributed by atoms with Gasteiger partial charge in [0, 0.05) is 0 Å². The van der Waals surface area contributed by atoms with Gasteiger partial charge in [-0.1, -0.05) is 48.5 Å². The van der Waals surface area contributed by atoms with Gasteiger partial charge < -0.3 is 19.5 Å². The van der Waals surface area contributed by atoms with Crippen LogP contribution in [0.15, 0.2) is 60.7 Å². The fraction of sp³-hybridized carbons (Fsp3) is 0.400. The Hall–Kier alpha value is -3.35. The van der Waals surface area contributed by atoms with Crippen LogP contribution in [0.1, 0.15) is 56.0 Å². The number of rotatable bonds is 10. The molecule has 7 nitrogen and oxygen atoms in total. The number of hydrogen-bond acceptors (Lipinski definition) is 6. The van der Waals surface area contributed by atoms with E-state index in [4.69, 9.17) is 14.2 Å². The second-order valence-corrected chi connectivity index (χ2v) is 8.29.